The molecule has 0 aliphatic heterocycles. The van der Waals surface area contributed by atoms with Gasteiger partial charge < -0.3 is 5.32 Å². The number of ketones is 1. The maximum atomic E-state index is 11.9. The van der Waals surface area contributed by atoms with Gasteiger partial charge in [0.25, 0.3) is 0 Å². The van der Waals surface area contributed by atoms with E-state index in [1.807, 2.05) is 37.3 Å². The normalized spacial score (nSPS) is 10.1. The quantitative estimate of drug-likeness (QED) is 0.829. The number of hydrogen-bond acceptors (Lipinski definition) is 3. The molecule has 1 aromatic heterocycles. The van der Waals surface area contributed by atoms with Gasteiger partial charge in [-0.05, 0) is 19.1 Å². The molecule has 21 heavy (non-hydrogen) atoms. The average molecular weight is 282 g/mol. The highest BCUT2D eigenvalue weighted by Crippen LogP contribution is 2.07. The minimum atomic E-state index is -0.138. The van der Waals surface area contributed by atoms with Crippen LogP contribution in [0, 0.1) is 6.92 Å². The number of aromatic nitrogens is 1. The smallest absolute Gasteiger partial charge is 0.220 e. The lowest BCUT2D eigenvalue weighted by atomic mass is 10.1. The van der Waals surface area contributed by atoms with Crippen molar-refractivity contribution in [2.45, 2.75) is 26.3 Å². The van der Waals surface area contributed by atoms with Crippen LogP contribution in [0.25, 0.3) is 0 Å². The fraction of sp³-hybridized carbons (Fsp3) is 0.235. The molecule has 108 valence electrons. The Hall–Kier alpha value is -2.49. The van der Waals surface area contributed by atoms with Gasteiger partial charge in [-0.1, -0.05) is 35.9 Å². The van der Waals surface area contributed by atoms with Crippen LogP contribution in [0.3, 0.4) is 0 Å². The predicted octanol–water partition coefficient (Wildman–Crippen LogP) is 2.67. The van der Waals surface area contributed by atoms with E-state index in [-0.39, 0.29) is 24.5 Å². The highest BCUT2D eigenvalue weighted by Gasteiger charge is 2.09. The summed E-state index contributed by atoms with van der Waals surface area (Å²) < 4.78 is 0. The van der Waals surface area contributed by atoms with E-state index < -0.39 is 0 Å². The van der Waals surface area contributed by atoms with Gasteiger partial charge in [0.1, 0.15) is 0 Å². The Morgan fingerprint density at radius 2 is 1.81 bits per heavy atom. The first-order valence-electron chi connectivity index (χ1n) is 6.91. The summed E-state index contributed by atoms with van der Waals surface area (Å²) in [6.07, 6.45) is 2.10. The second-order valence-corrected chi connectivity index (χ2v) is 4.89. The molecule has 0 aliphatic carbocycles. The molecule has 0 aliphatic rings. The summed E-state index contributed by atoms with van der Waals surface area (Å²) >= 11 is 0. The number of aryl methyl sites for hydroxylation is 1. The summed E-state index contributed by atoms with van der Waals surface area (Å²) in [6, 6.07) is 12.9. The molecule has 2 aromatic rings. The van der Waals surface area contributed by atoms with Crippen molar-refractivity contribution in [1.82, 2.24) is 10.3 Å². The molecule has 0 atom stereocenters. The van der Waals surface area contributed by atoms with Crippen LogP contribution in [-0.4, -0.2) is 16.7 Å². The second kappa shape index (κ2) is 7.33. The first-order chi connectivity index (χ1) is 10.1. The number of pyridine rings is 1. The van der Waals surface area contributed by atoms with Crippen molar-refractivity contribution in [2.24, 2.45) is 0 Å². The Morgan fingerprint density at radius 1 is 1.05 bits per heavy atom. The number of hydrogen-bond donors (Lipinski definition) is 1. The average Bonchev–Trinajstić information content (AvgIpc) is 2.52. The third-order valence-electron chi connectivity index (χ3n) is 3.15. The van der Waals surface area contributed by atoms with E-state index in [1.54, 1.807) is 18.3 Å². The zero-order valence-corrected chi connectivity index (χ0v) is 12.0. The number of rotatable bonds is 6. The van der Waals surface area contributed by atoms with Crippen LogP contribution < -0.4 is 5.32 Å². The van der Waals surface area contributed by atoms with Crippen molar-refractivity contribution >= 4 is 11.7 Å². The minimum absolute atomic E-state index is 0.0111. The molecule has 0 unspecified atom stereocenters. The van der Waals surface area contributed by atoms with Gasteiger partial charge in [0.15, 0.2) is 5.78 Å². The van der Waals surface area contributed by atoms with Crippen LogP contribution in [-0.2, 0) is 11.3 Å². The Kier molecular flexibility index (Phi) is 5.21. The molecular weight excluding hydrogens is 264 g/mol. The molecule has 0 bridgehead atoms. The van der Waals surface area contributed by atoms with Gasteiger partial charge in [-0.25, -0.2) is 0 Å². The van der Waals surface area contributed by atoms with E-state index >= 15 is 0 Å². The Labute approximate surface area is 124 Å². The lowest BCUT2D eigenvalue weighted by Gasteiger charge is -2.05. The van der Waals surface area contributed by atoms with Crippen LogP contribution >= 0.6 is 0 Å². The maximum Gasteiger partial charge on any atom is 0.220 e. The Morgan fingerprint density at radius 3 is 2.48 bits per heavy atom. The predicted molar refractivity (Wildman–Crippen MR) is 80.8 cm³/mol. The monoisotopic (exact) mass is 282 g/mol. The molecular formula is C17H18N2O2. The van der Waals surface area contributed by atoms with E-state index in [0.717, 1.165) is 11.3 Å². The largest absolute Gasteiger partial charge is 0.350 e. The third-order valence-corrected chi connectivity index (χ3v) is 3.15. The molecule has 0 saturated carbocycles. The van der Waals surface area contributed by atoms with Crippen molar-refractivity contribution < 1.29 is 9.59 Å². The summed E-state index contributed by atoms with van der Waals surface area (Å²) in [5.74, 6) is -0.149. The number of Topliss-reactive ketones (excluding diaryl/α,β-unsaturated/α-hetero) is 1. The van der Waals surface area contributed by atoms with Crippen molar-refractivity contribution in [3.8, 4) is 0 Å². The summed E-state index contributed by atoms with van der Waals surface area (Å²) in [5, 5.41) is 2.76. The number of amides is 1. The van der Waals surface area contributed by atoms with Gasteiger partial charge in [0.2, 0.25) is 5.91 Å². The molecule has 1 amide bonds. The molecule has 0 radical (unpaired) electrons. The highest BCUT2D eigenvalue weighted by atomic mass is 16.2. The molecule has 0 spiro atoms. The first-order valence-corrected chi connectivity index (χ1v) is 6.91. The molecule has 1 aromatic carbocycles. The highest BCUT2D eigenvalue weighted by molar-refractivity contribution is 5.97. The van der Waals surface area contributed by atoms with Crippen LogP contribution in [0.4, 0.5) is 0 Å². The maximum absolute atomic E-state index is 11.9. The van der Waals surface area contributed by atoms with Crippen molar-refractivity contribution in [3.05, 3.63) is 65.5 Å². The lowest BCUT2D eigenvalue weighted by Crippen LogP contribution is -2.23. The van der Waals surface area contributed by atoms with E-state index in [0.29, 0.717) is 12.1 Å². The summed E-state index contributed by atoms with van der Waals surface area (Å²) in [5.41, 5.74) is 2.56. The van der Waals surface area contributed by atoms with Gasteiger partial charge >= 0.3 is 0 Å². The van der Waals surface area contributed by atoms with Gasteiger partial charge in [-0.2, -0.15) is 0 Å². The second-order valence-electron chi connectivity index (χ2n) is 4.89. The zero-order valence-electron chi connectivity index (χ0n) is 12.0. The van der Waals surface area contributed by atoms with Gasteiger partial charge in [-0.3, -0.25) is 14.6 Å². The van der Waals surface area contributed by atoms with Crippen molar-refractivity contribution in [3.63, 3.8) is 0 Å². The molecule has 0 fully saturated rings. The summed E-state index contributed by atoms with van der Waals surface area (Å²) in [7, 11) is 0. The molecule has 1 N–H and O–H groups in total. The standard InChI is InChI=1S/C17H18N2O2/c1-13-5-7-14(8-6-13)16(20)9-10-17(21)19-12-15-4-2-3-11-18-15/h2-8,11H,9-10,12H2,1H3,(H,19,21). The van der Waals surface area contributed by atoms with Crippen LogP contribution in [0.2, 0.25) is 0 Å². The zero-order chi connectivity index (χ0) is 15.1. The molecule has 4 heteroatoms. The minimum Gasteiger partial charge on any atom is -0.350 e. The molecule has 1 heterocycles. The van der Waals surface area contributed by atoms with Crippen LogP contribution in [0.15, 0.2) is 48.7 Å². The Bertz CT molecular complexity index is 606. The molecule has 0 saturated heterocycles. The number of nitrogens with zero attached hydrogens (tertiary/aromatic N) is 1. The van der Waals surface area contributed by atoms with E-state index in [2.05, 4.69) is 10.3 Å². The van der Waals surface area contributed by atoms with Gasteiger partial charge in [-0.15, -0.1) is 0 Å². The molecule has 4 nitrogen and oxygen atoms in total. The van der Waals surface area contributed by atoms with E-state index in [9.17, 15) is 9.59 Å². The third kappa shape index (κ3) is 4.84. The Balaban J connectivity index is 1.76. The van der Waals surface area contributed by atoms with Crippen LogP contribution in [0.5, 0.6) is 0 Å². The SMILES string of the molecule is Cc1ccc(C(=O)CCC(=O)NCc2ccccn2)cc1. The number of carbonyl (C=O) groups is 2. The number of nitrogens with one attached hydrogen (secondary N) is 1. The number of carbonyl (C=O) groups excluding carboxylic acids is 2. The summed E-state index contributed by atoms with van der Waals surface area (Å²) in [4.78, 5) is 27.8. The fourth-order valence-corrected chi connectivity index (χ4v) is 1.89. The van der Waals surface area contributed by atoms with Gasteiger partial charge in [0.05, 0.1) is 12.2 Å². The van der Waals surface area contributed by atoms with Crippen molar-refractivity contribution in [1.29, 1.82) is 0 Å². The van der Waals surface area contributed by atoms with Gasteiger partial charge in [0, 0.05) is 24.6 Å². The number of benzene rings is 1. The van der Waals surface area contributed by atoms with E-state index in [1.165, 1.54) is 0 Å². The van der Waals surface area contributed by atoms with Crippen LogP contribution in [0.1, 0.15) is 34.5 Å². The summed E-state index contributed by atoms with van der Waals surface area (Å²) in [6.45, 7) is 2.36. The lowest BCUT2D eigenvalue weighted by molar-refractivity contribution is -0.121. The molecule has 2 rings (SSSR count). The first kappa shape index (κ1) is 14.9. The van der Waals surface area contributed by atoms with E-state index in [4.69, 9.17) is 0 Å². The topological polar surface area (TPSA) is 59.1 Å². The van der Waals surface area contributed by atoms with Crippen molar-refractivity contribution in [2.75, 3.05) is 0 Å². The fourth-order valence-electron chi connectivity index (χ4n) is 1.89.